The number of esters is 1. The van der Waals surface area contributed by atoms with Crippen LogP contribution in [-0.4, -0.2) is 33.6 Å². The lowest BCUT2D eigenvalue weighted by molar-refractivity contribution is -0.140. The van der Waals surface area contributed by atoms with Gasteiger partial charge in [0.05, 0.1) is 19.6 Å². The fraction of sp³-hybridized carbons (Fsp3) is 0.438. The van der Waals surface area contributed by atoms with Crippen molar-refractivity contribution in [1.29, 1.82) is 0 Å². The zero-order valence-electron chi connectivity index (χ0n) is 13.7. The van der Waals surface area contributed by atoms with Gasteiger partial charge in [0.1, 0.15) is 0 Å². The maximum absolute atomic E-state index is 11.2. The number of halogens is 1. The second-order valence-corrected chi connectivity index (χ2v) is 6.70. The lowest BCUT2D eigenvalue weighted by Crippen LogP contribution is -2.19. The molecule has 2 aromatic rings. The largest absolute Gasteiger partial charge is 0.469 e. The van der Waals surface area contributed by atoms with E-state index in [1.54, 1.807) is 0 Å². The minimum atomic E-state index is -0.256. The predicted molar refractivity (Wildman–Crippen MR) is 95.1 cm³/mol. The third-order valence-corrected chi connectivity index (χ3v) is 4.75. The minimum absolute atomic E-state index is 0.232. The SMILES string of the molecule is CCn1c(SCCC(=O)OC)nnc1C(N)Cc1ccc(Cl)cc1. The van der Waals surface area contributed by atoms with E-state index in [2.05, 4.69) is 14.9 Å². The quantitative estimate of drug-likeness (QED) is 0.569. The molecule has 1 unspecified atom stereocenters. The summed E-state index contributed by atoms with van der Waals surface area (Å²) < 4.78 is 6.63. The molecule has 1 aromatic heterocycles. The molecule has 2 N–H and O–H groups in total. The summed E-state index contributed by atoms with van der Waals surface area (Å²) in [5.74, 6) is 1.11. The first kappa shape index (κ1) is 18.8. The van der Waals surface area contributed by atoms with Gasteiger partial charge in [-0.3, -0.25) is 4.79 Å². The molecule has 0 bridgehead atoms. The van der Waals surface area contributed by atoms with Crippen LogP contribution in [0.1, 0.15) is 30.8 Å². The second kappa shape index (κ2) is 9.05. The van der Waals surface area contributed by atoms with Crippen molar-refractivity contribution in [2.24, 2.45) is 5.73 Å². The maximum atomic E-state index is 11.2. The number of hydrogen-bond acceptors (Lipinski definition) is 6. The first-order chi connectivity index (χ1) is 11.5. The van der Waals surface area contributed by atoms with Gasteiger partial charge in [0.25, 0.3) is 0 Å². The van der Waals surface area contributed by atoms with Crippen molar-refractivity contribution in [3.63, 3.8) is 0 Å². The molecule has 8 heteroatoms. The van der Waals surface area contributed by atoms with E-state index < -0.39 is 0 Å². The van der Waals surface area contributed by atoms with E-state index in [0.717, 1.165) is 23.1 Å². The van der Waals surface area contributed by atoms with Gasteiger partial charge in [-0.1, -0.05) is 35.5 Å². The van der Waals surface area contributed by atoms with Crippen LogP contribution in [0.5, 0.6) is 0 Å². The number of carbonyl (C=O) groups excluding carboxylic acids is 1. The minimum Gasteiger partial charge on any atom is -0.469 e. The Bertz CT molecular complexity index is 675. The summed E-state index contributed by atoms with van der Waals surface area (Å²) >= 11 is 7.38. The Balaban J connectivity index is 2.04. The molecule has 1 atom stereocenters. The van der Waals surface area contributed by atoms with Gasteiger partial charge in [0, 0.05) is 17.3 Å². The van der Waals surface area contributed by atoms with Crippen molar-refractivity contribution in [3.8, 4) is 0 Å². The summed E-state index contributed by atoms with van der Waals surface area (Å²) in [4.78, 5) is 11.2. The summed E-state index contributed by atoms with van der Waals surface area (Å²) in [5.41, 5.74) is 7.41. The lowest BCUT2D eigenvalue weighted by Gasteiger charge is -2.13. The van der Waals surface area contributed by atoms with E-state index in [4.69, 9.17) is 17.3 Å². The molecule has 0 aliphatic carbocycles. The molecule has 0 fully saturated rings. The van der Waals surface area contributed by atoms with Crippen LogP contribution in [0.3, 0.4) is 0 Å². The van der Waals surface area contributed by atoms with Crippen molar-refractivity contribution in [3.05, 3.63) is 40.7 Å². The number of thioether (sulfide) groups is 1. The van der Waals surface area contributed by atoms with Crippen LogP contribution in [0, 0.1) is 0 Å². The lowest BCUT2D eigenvalue weighted by atomic mass is 10.1. The molecule has 2 rings (SSSR count). The van der Waals surface area contributed by atoms with Crippen molar-refractivity contribution in [2.75, 3.05) is 12.9 Å². The fourth-order valence-corrected chi connectivity index (χ4v) is 3.33. The summed E-state index contributed by atoms with van der Waals surface area (Å²) in [6.45, 7) is 2.74. The Hall–Kier alpha value is -1.57. The van der Waals surface area contributed by atoms with E-state index in [9.17, 15) is 4.79 Å². The maximum Gasteiger partial charge on any atom is 0.306 e. The average Bonchev–Trinajstić information content (AvgIpc) is 2.99. The topological polar surface area (TPSA) is 83.0 Å². The Morgan fingerprint density at radius 1 is 1.38 bits per heavy atom. The number of benzene rings is 1. The van der Waals surface area contributed by atoms with Gasteiger partial charge in [-0.2, -0.15) is 0 Å². The van der Waals surface area contributed by atoms with Crippen LogP contribution in [0.2, 0.25) is 5.02 Å². The Morgan fingerprint density at radius 2 is 2.08 bits per heavy atom. The molecule has 0 aliphatic heterocycles. The first-order valence-corrected chi connectivity index (χ1v) is 9.04. The summed E-state index contributed by atoms with van der Waals surface area (Å²) in [7, 11) is 1.38. The number of aromatic nitrogens is 3. The van der Waals surface area contributed by atoms with E-state index >= 15 is 0 Å². The molecule has 24 heavy (non-hydrogen) atoms. The van der Waals surface area contributed by atoms with Gasteiger partial charge >= 0.3 is 5.97 Å². The van der Waals surface area contributed by atoms with Crippen LogP contribution in [0.25, 0.3) is 0 Å². The van der Waals surface area contributed by atoms with Crippen molar-refractivity contribution < 1.29 is 9.53 Å². The highest BCUT2D eigenvalue weighted by Gasteiger charge is 2.18. The number of rotatable bonds is 8. The van der Waals surface area contributed by atoms with Gasteiger partial charge in [-0.05, 0) is 31.0 Å². The molecule has 0 amide bonds. The Morgan fingerprint density at radius 3 is 2.71 bits per heavy atom. The van der Waals surface area contributed by atoms with Gasteiger partial charge < -0.3 is 15.0 Å². The number of nitrogens with zero attached hydrogens (tertiary/aromatic N) is 3. The van der Waals surface area contributed by atoms with Crippen LogP contribution in [0.4, 0.5) is 0 Å². The highest BCUT2D eigenvalue weighted by molar-refractivity contribution is 7.99. The number of carbonyl (C=O) groups is 1. The normalized spacial score (nSPS) is 12.2. The van der Waals surface area contributed by atoms with Gasteiger partial charge in [0.2, 0.25) is 0 Å². The van der Waals surface area contributed by atoms with Crippen molar-refractivity contribution in [2.45, 2.75) is 37.5 Å². The molecule has 130 valence electrons. The number of methoxy groups -OCH3 is 1. The van der Waals surface area contributed by atoms with E-state index in [1.165, 1.54) is 18.9 Å². The Labute approximate surface area is 150 Å². The van der Waals surface area contributed by atoms with Crippen LogP contribution < -0.4 is 5.73 Å². The second-order valence-electron chi connectivity index (χ2n) is 5.20. The van der Waals surface area contributed by atoms with Gasteiger partial charge in [0.15, 0.2) is 11.0 Å². The molecule has 0 spiro atoms. The van der Waals surface area contributed by atoms with E-state index in [-0.39, 0.29) is 12.0 Å². The molecule has 0 aliphatic rings. The highest BCUT2D eigenvalue weighted by Crippen LogP contribution is 2.22. The fourth-order valence-electron chi connectivity index (χ4n) is 2.27. The molecule has 0 saturated heterocycles. The van der Waals surface area contributed by atoms with Crippen LogP contribution >= 0.6 is 23.4 Å². The molecule has 0 saturated carbocycles. The smallest absolute Gasteiger partial charge is 0.306 e. The molecule has 0 radical (unpaired) electrons. The van der Waals surface area contributed by atoms with Crippen molar-refractivity contribution in [1.82, 2.24) is 14.8 Å². The van der Waals surface area contributed by atoms with Crippen LogP contribution in [0.15, 0.2) is 29.4 Å². The summed E-state index contributed by atoms with van der Waals surface area (Å²) in [5, 5.41) is 9.92. The van der Waals surface area contributed by atoms with E-state index in [0.29, 0.717) is 23.6 Å². The molecular weight excluding hydrogens is 348 g/mol. The monoisotopic (exact) mass is 368 g/mol. The molecule has 1 aromatic carbocycles. The molecule has 1 heterocycles. The Kier molecular flexibility index (Phi) is 7.08. The standard InChI is InChI=1S/C16H21ClN4O2S/c1-3-21-15(13(18)10-11-4-6-12(17)7-5-11)19-20-16(21)24-9-8-14(22)23-2/h4-7,13H,3,8-10,18H2,1-2H3. The predicted octanol–water partition coefficient (Wildman–Crippen LogP) is 2.85. The first-order valence-electron chi connectivity index (χ1n) is 7.67. The number of hydrogen-bond donors (Lipinski definition) is 1. The molecule has 6 nitrogen and oxygen atoms in total. The average molecular weight is 369 g/mol. The van der Waals surface area contributed by atoms with Gasteiger partial charge in [-0.25, -0.2) is 0 Å². The third-order valence-electron chi connectivity index (χ3n) is 3.53. The van der Waals surface area contributed by atoms with Gasteiger partial charge in [-0.15, -0.1) is 10.2 Å². The number of nitrogens with two attached hydrogens (primary N) is 1. The van der Waals surface area contributed by atoms with Crippen LogP contribution in [-0.2, 0) is 22.5 Å². The zero-order valence-corrected chi connectivity index (χ0v) is 15.3. The molecular formula is C16H21ClN4O2S. The third kappa shape index (κ3) is 4.96. The van der Waals surface area contributed by atoms with E-state index in [1.807, 2.05) is 35.8 Å². The van der Waals surface area contributed by atoms with Crippen molar-refractivity contribution >= 4 is 29.3 Å². The summed E-state index contributed by atoms with van der Waals surface area (Å²) in [6, 6.07) is 7.36. The number of ether oxygens (including phenoxy) is 1. The highest BCUT2D eigenvalue weighted by atomic mass is 35.5. The zero-order chi connectivity index (χ0) is 17.5. The summed E-state index contributed by atoms with van der Waals surface area (Å²) in [6.07, 6.45) is 0.992.